The lowest BCUT2D eigenvalue weighted by atomic mass is 9.90. The van der Waals surface area contributed by atoms with Crippen LogP contribution in [0.25, 0.3) is 0 Å². The summed E-state index contributed by atoms with van der Waals surface area (Å²) in [7, 11) is 0. The van der Waals surface area contributed by atoms with Gasteiger partial charge in [-0.25, -0.2) is 4.39 Å². The summed E-state index contributed by atoms with van der Waals surface area (Å²) in [5.41, 5.74) is 2.15. The quantitative estimate of drug-likeness (QED) is 0.590. The van der Waals surface area contributed by atoms with Gasteiger partial charge in [-0.1, -0.05) is 24.3 Å². The van der Waals surface area contributed by atoms with Gasteiger partial charge in [0.05, 0.1) is 11.5 Å². The first-order chi connectivity index (χ1) is 17.1. The van der Waals surface area contributed by atoms with Crippen molar-refractivity contribution in [3.63, 3.8) is 0 Å². The van der Waals surface area contributed by atoms with E-state index in [0.29, 0.717) is 32.1 Å². The average Bonchev–Trinajstić information content (AvgIpc) is 2.85. The highest BCUT2D eigenvalue weighted by atomic mass is 19.1. The Morgan fingerprint density at radius 3 is 2.40 bits per heavy atom. The normalized spacial score (nSPS) is 16.6. The molecule has 0 bridgehead atoms. The molecule has 0 atom stereocenters. The molecule has 2 aliphatic heterocycles. The van der Waals surface area contributed by atoms with Crippen LogP contribution in [0.5, 0.6) is 0 Å². The fraction of sp³-hybridized carbons (Fsp3) is 0.333. The number of nitrogens with one attached hydrogen (secondary N) is 1. The largest absolute Gasteiger partial charge is 0.353 e. The van der Waals surface area contributed by atoms with Crippen LogP contribution in [0.3, 0.4) is 0 Å². The zero-order chi connectivity index (χ0) is 24.2. The fourth-order valence-corrected chi connectivity index (χ4v) is 4.74. The summed E-state index contributed by atoms with van der Waals surface area (Å²) in [5.74, 6) is 0.532. The Kier molecular flexibility index (Phi) is 6.70. The number of carbonyl (C=O) groups excluding carboxylic acids is 2. The SMILES string of the molecule is O=C(Nc1ccc(CC2CCN(C(=O)c3ccccc3F)CC2)cc1)C1CN(c2cccnn2)C1. The van der Waals surface area contributed by atoms with Crippen molar-refractivity contribution in [3.8, 4) is 0 Å². The molecule has 0 saturated carbocycles. The fourth-order valence-electron chi connectivity index (χ4n) is 4.74. The third kappa shape index (κ3) is 5.31. The van der Waals surface area contributed by atoms with Gasteiger partial charge in [-0.15, -0.1) is 5.10 Å². The summed E-state index contributed by atoms with van der Waals surface area (Å²) in [6.07, 6.45) is 4.34. The number of anilines is 2. The van der Waals surface area contributed by atoms with Crippen LogP contribution in [-0.4, -0.2) is 53.1 Å². The molecular formula is C27H28FN5O2. The smallest absolute Gasteiger partial charge is 0.256 e. The molecule has 2 amide bonds. The molecule has 3 aromatic rings. The van der Waals surface area contributed by atoms with Gasteiger partial charge in [0, 0.05) is 38.1 Å². The van der Waals surface area contributed by atoms with E-state index in [1.54, 1.807) is 29.3 Å². The summed E-state index contributed by atoms with van der Waals surface area (Å²) >= 11 is 0. The monoisotopic (exact) mass is 473 g/mol. The molecule has 0 aliphatic carbocycles. The van der Waals surface area contributed by atoms with Crippen LogP contribution in [0.2, 0.25) is 0 Å². The van der Waals surface area contributed by atoms with Crippen LogP contribution in [-0.2, 0) is 11.2 Å². The molecule has 0 spiro atoms. The summed E-state index contributed by atoms with van der Waals surface area (Å²) in [5, 5.41) is 11.0. The summed E-state index contributed by atoms with van der Waals surface area (Å²) in [6, 6.07) is 17.9. The third-order valence-electron chi connectivity index (χ3n) is 6.89. The van der Waals surface area contributed by atoms with Gasteiger partial charge in [-0.3, -0.25) is 9.59 Å². The van der Waals surface area contributed by atoms with Gasteiger partial charge in [0.25, 0.3) is 5.91 Å². The van der Waals surface area contributed by atoms with Crippen LogP contribution in [0, 0.1) is 17.7 Å². The third-order valence-corrected chi connectivity index (χ3v) is 6.89. The van der Waals surface area contributed by atoms with Crippen molar-refractivity contribution in [3.05, 3.63) is 83.8 Å². The second-order valence-electron chi connectivity index (χ2n) is 9.29. The number of carbonyl (C=O) groups is 2. The van der Waals surface area contributed by atoms with E-state index < -0.39 is 5.82 Å². The van der Waals surface area contributed by atoms with Crippen LogP contribution in [0.1, 0.15) is 28.8 Å². The highest BCUT2D eigenvalue weighted by Gasteiger charge is 2.33. The van der Waals surface area contributed by atoms with E-state index in [4.69, 9.17) is 0 Å². The molecule has 2 aliphatic rings. The molecule has 35 heavy (non-hydrogen) atoms. The van der Waals surface area contributed by atoms with Gasteiger partial charge in [0.2, 0.25) is 5.91 Å². The molecular weight excluding hydrogens is 445 g/mol. The number of likely N-dealkylation sites (tertiary alicyclic amines) is 1. The van der Waals surface area contributed by atoms with Crippen molar-refractivity contribution in [2.45, 2.75) is 19.3 Å². The lowest BCUT2D eigenvalue weighted by molar-refractivity contribution is -0.120. The maximum absolute atomic E-state index is 13.9. The van der Waals surface area contributed by atoms with Crippen LogP contribution < -0.4 is 10.2 Å². The van der Waals surface area contributed by atoms with Gasteiger partial charge in [0.15, 0.2) is 5.82 Å². The lowest BCUT2D eigenvalue weighted by Crippen LogP contribution is -2.52. The van der Waals surface area contributed by atoms with Crippen molar-refractivity contribution in [1.29, 1.82) is 0 Å². The van der Waals surface area contributed by atoms with E-state index in [1.807, 2.05) is 29.2 Å². The molecule has 0 radical (unpaired) electrons. The van der Waals surface area contributed by atoms with E-state index in [0.717, 1.165) is 30.8 Å². The molecule has 3 heterocycles. The number of piperidine rings is 1. The molecule has 1 N–H and O–H groups in total. The Bertz CT molecular complexity index is 1170. The lowest BCUT2D eigenvalue weighted by Gasteiger charge is -2.38. The van der Waals surface area contributed by atoms with E-state index in [-0.39, 0.29) is 23.3 Å². The summed E-state index contributed by atoms with van der Waals surface area (Å²) in [4.78, 5) is 29.0. The molecule has 2 saturated heterocycles. The summed E-state index contributed by atoms with van der Waals surface area (Å²) < 4.78 is 13.9. The highest BCUT2D eigenvalue weighted by Crippen LogP contribution is 2.26. The number of hydrogen-bond acceptors (Lipinski definition) is 5. The number of rotatable bonds is 6. The standard InChI is InChI=1S/C27H28FN5O2/c28-24-5-2-1-4-23(24)27(35)32-14-11-20(12-15-32)16-19-7-9-22(10-8-19)30-26(34)21-17-33(18-21)25-6-3-13-29-31-25/h1-10,13,20-21H,11-12,14-18H2,(H,30,34). The maximum Gasteiger partial charge on any atom is 0.256 e. The number of amides is 2. The molecule has 8 heteroatoms. The number of hydrogen-bond donors (Lipinski definition) is 1. The zero-order valence-corrected chi connectivity index (χ0v) is 19.4. The number of halogens is 1. The highest BCUT2D eigenvalue weighted by molar-refractivity contribution is 5.95. The first kappa shape index (κ1) is 23.0. The second-order valence-corrected chi connectivity index (χ2v) is 9.29. The van der Waals surface area contributed by atoms with Crippen LogP contribution in [0.4, 0.5) is 15.9 Å². The van der Waals surface area contributed by atoms with Crippen molar-refractivity contribution < 1.29 is 14.0 Å². The Morgan fingerprint density at radius 2 is 1.71 bits per heavy atom. The van der Waals surface area contributed by atoms with Crippen molar-refractivity contribution in [2.75, 3.05) is 36.4 Å². The molecule has 7 nitrogen and oxygen atoms in total. The van der Waals surface area contributed by atoms with E-state index in [1.165, 1.54) is 11.6 Å². The minimum Gasteiger partial charge on any atom is -0.353 e. The molecule has 2 fully saturated rings. The van der Waals surface area contributed by atoms with Gasteiger partial charge in [-0.05, 0) is 67.1 Å². The van der Waals surface area contributed by atoms with E-state index in [2.05, 4.69) is 27.6 Å². The van der Waals surface area contributed by atoms with Gasteiger partial charge in [-0.2, -0.15) is 5.10 Å². The maximum atomic E-state index is 13.9. The molecule has 180 valence electrons. The number of benzene rings is 2. The number of aromatic nitrogens is 2. The molecule has 2 aromatic carbocycles. The minimum absolute atomic E-state index is 0.0183. The average molecular weight is 474 g/mol. The first-order valence-corrected chi connectivity index (χ1v) is 12.0. The Morgan fingerprint density at radius 1 is 0.971 bits per heavy atom. The molecule has 1 aromatic heterocycles. The summed E-state index contributed by atoms with van der Waals surface area (Å²) in [6.45, 7) is 2.55. The van der Waals surface area contributed by atoms with Crippen molar-refractivity contribution in [1.82, 2.24) is 15.1 Å². The first-order valence-electron chi connectivity index (χ1n) is 12.0. The van der Waals surface area contributed by atoms with E-state index in [9.17, 15) is 14.0 Å². The van der Waals surface area contributed by atoms with Crippen LogP contribution >= 0.6 is 0 Å². The predicted octanol–water partition coefficient (Wildman–Crippen LogP) is 3.79. The Balaban J connectivity index is 1.07. The number of nitrogens with zero attached hydrogens (tertiary/aromatic N) is 4. The predicted molar refractivity (Wildman–Crippen MR) is 132 cm³/mol. The topological polar surface area (TPSA) is 78.4 Å². The van der Waals surface area contributed by atoms with Crippen molar-refractivity contribution >= 4 is 23.3 Å². The molecule has 0 unspecified atom stereocenters. The van der Waals surface area contributed by atoms with Gasteiger partial charge in [0.1, 0.15) is 5.82 Å². The van der Waals surface area contributed by atoms with Crippen LogP contribution in [0.15, 0.2) is 66.9 Å². The Labute approximate surface area is 204 Å². The van der Waals surface area contributed by atoms with Gasteiger partial charge >= 0.3 is 0 Å². The molecule has 5 rings (SSSR count). The van der Waals surface area contributed by atoms with E-state index >= 15 is 0 Å². The van der Waals surface area contributed by atoms with Crippen molar-refractivity contribution in [2.24, 2.45) is 11.8 Å². The minimum atomic E-state index is -0.466. The zero-order valence-electron chi connectivity index (χ0n) is 19.4. The Hall–Kier alpha value is -3.81. The van der Waals surface area contributed by atoms with Gasteiger partial charge < -0.3 is 15.1 Å². The second kappa shape index (κ2) is 10.2.